The van der Waals surface area contributed by atoms with Crippen LogP contribution < -0.4 is 10.6 Å². The second-order valence-corrected chi connectivity index (χ2v) is 10.2. The summed E-state index contributed by atoms with van der Waals surface area (Å²) >= 11 is 0. The lowest BCUT2D eigenvalue weighted by molar-refractivity contribution is -0.133. The topological polar surface area (TPSA) is 95.6 Å². The zero-order chi connectivity index (χ0) is 21.9. The Morgan fingerprint density at radius 3 is 2.47 bits per heavy atom. The number of sulfonamides is 1. The Morgan fingerprint density at radius 1 is 1.20 bits per heavy atom. The fourth-order valence-corrected chi connectivity index (χ4v) is 5.15. The maximum Gasteiger partial charge on any atom is 0.243 e. The minimum Gasteiger partial charge on any atom is -0.352 e. The van der Waals surface area contributed by atoms with Crippen molar-refractivity contribution in [3.63, 3.8) is 0 Å². The highest BCUT2D eigenvalue weighted by Crippen LogP contribution is 2.25. The zero-order valence-electron chi connectivity index (χ0n) is 17.4. The number of nitrogens with zero attached hydrogens (tertiary/aromatic N) is 1. The van der Waals surface area contributed by atoms with Crippen LogP contribution in [-0.2, 0) is 19.6 Å². The number of benzene rings is 1. The first kappa shape index (κ1) is 22.7. The first-order chi connectivity index (χ1) is 14.2. The molecule has 2 N–H and O–H groups in total. The fraction of sp³-hybridized carbons (Fsp3) is 0.619. The smallest absolute Gasteiger partial charge is 0.243 e. The minimum absolute atomic E-state index is 0.00579. The van der Waals surface area contributed by atoms with Crippen LogP contribution in [0.15, 0.2) is 29.2 Å². The summed E-state index contributed by atoms with van der Waals surface area (Å²) in [5.74, 6) is -1.55. The van der Waals surface area contributed by atoms with E-state index in [0.29, 0.717) is 19.4 Å². The molecule has 7 nitrogen and oxygen atoms in total. The summed E-state index contributed by atoms with van der Waals surface area (Å²) in [6.07, 6.45) is 3.76. The van der Waals surface area contributed by atoms with Crippen LogP contribution >= 0.6 is 0 Å². The van der Waals surface area contributed by atoms with Crippen LogP contribution in [-0.4, -0.2) is 49.7 Å². The molecule has 2 aliphatic rings. The maximum atomic E-state index is 13.2. The van der Waals surface area contributed by atoms with Crippen molar-refractivity contribution in [3.8, 4) is 0 Å². The third-order valence-electron chi connectivity index (χ3n) is 5.92. The van der Waals surface area contributed by atoms with Crippen molar-refractivity contribution in [2.45, 2.75) is 62.9 Å². The lowest BCUT2D eigenvalue weighted by Gasteiger charge is -2.32. The number of piperidine rings is 1. The average molecular weight is 440 g/mol. The Morgan fingerprint density at radius 2 is 1.87 bits per heavy atom. The fourth-order valence-electron chi connectivity index (χ4n) is 3.62. The monoisotopic (exact) mass is 439 g/mol. The molecule has 1 aromatic carbocycles. The van der Waals surface area contributed by atoms with Crippen LogP contribution in [0.2, 0.25) is 0 Å². The Balaban J connectivity index is 1.67. The lowest BCUT2D eigenvalue weighted by atomic mass is 9.95. The van der Waals surface area contributed by atoms with Crippen molar-refractivity contribution in [2.75, 3.05) is 13.1 Å². The number of amides is 2. The maximum absolute atomic E-state index is 13.2. The normalized spacial score (nSPS) is 22.2. The Hall–Kier alpha value is -2.00. The first-order valence-electron chi connectivity index (χ1n) is 10.6. The standard InChI is InChI=1S/C21H30FN3O4S/c1-3-14(2)19(21(27)23-17-8-9-17)24-20(26)15-5-4-12-25(13-15)30(28,29)18-10-6-16(22)7-11-18/h6-7,10-11,14-15,17,19H,3-5,8-9,12-13H2,1-2H3,(H,23,27)(H,24,26)/t14-,15+,19-/m0/s1. The SMILES string of the molecule is CC[C@H](C)[C@H](NC(=O)[C@@H]1CCCN(S(=O)(=O)c2ccc(F)cc2)C1)C(=O)NC1CC1. The largest absolute Gasteiger partial charge is 0.352 e. The number of hydrogen-bond acceptors (Lipinski definition) is 4. The highest BCUT2D eigenvalue weighted by Gasteiger charge is 2.36. The van der Waals surface area contributed by atoms with Gasteiger partial charge in [-0.05, 0) is 55.9 Å². The van der Waals surface area contributed by atoms with Gasteiger partial charge in [0, 0.05) is 19.1 Å². The van der Waals surface area contributed by atoms with E-state index < -0.39 is 27.8 Å². The summed E-state index contributed by atoms with van der Waals surface area (Å²) < 4.78 is 40.2. The van der Waals surface area contributed by atoms with Crippen molar-refractivity contribution in [1.29, 1.82) is 0 Å². The molecule has 166 valence electrons. The molecule has 3 atom stereocenters. The van der Waals surface area contributed by atoms with Gasteiger partial charge in [-0.1, -0.05) is 20.3 Å². The van der Waals surface area contributed by atoms with Crippen LogP contribution in [0.1, 0.15) is 46.0 Å². The molecule has 0 bridgehead atoms. The van der Waals surface area contributed by atoms with Gasteiger partial charge in [0.25, 0.3) is 0 Å². The molecule has 1 aliphatic carbocycles. The molecule has 0 radical (unpaired) electrons. The van der Waals surface area contributed by atoms with Gasteiger partial charge in [0.15, 0.2) is 0 Å². The molecule has 0 unspecified atom stereocenters. The second-order valence-electron chi connectivity index (χ2n) is 8.31. The van der Waals surface area contributed by atoms with Crippen LogP contribution in [0.4, 0.5) is 4.39 Å². The van der Waals surface area contributed by atoms with Crippen molar-refractivity contribution in [1.82, 2.24) is 14.9 Å². The van der Waals surface area contributed by atoms with Crippen molar-refractivity contribution < 1.29 is 22.4 Å². The molecule has 1 aliphatic heterocycles. The summed E-state index contributed by atoms with van der Waals surface area (Å²) in [6.45, 7) is 4.24. The molecule has 9 heteroatoms. The van der Waals surface area contributed by atoms with E-state index in [0.717, 1.165) is 31.4 Å². The van der Waals surface area contributed by atoms with Gasteiger partial charge in [-0.25, -0.2) is 12.8 Å². The molecule has 1 saturated carbocycles. The van der Waals surface area contributed by atoms with Crippen LogP contribution in [0.25, 0.3) is 0 Å². The van der Waals surface area contributed by atoms with Gasteiger partial charge in [-0.3, -0.25) is 9.59 Å². The van der Waals surface area contributed by atoms with E-state index in [4.69, 9.17) is 0 Å². The first-order valence-corrected chi connectivity index (χ1v) is 12.0. The van der Waals surface area contributed by atoms with Crippen molar-refractivity contribution in [2.24, 2.45) is 11.8 Å². The van der Waals surface area contributed by atoms with Crippen molar-refractivity contribution in [3.05, 3.63) is 30.1 Å². The molecule has 2 fully saturated rings. The number of hydrogen-bond donors (Lipinski definition) is 2. The third kappa shape index (κ3) is 5.37. The Kier molecular flexibility index (Phi) is 7.13. The van der Waals surface area contributed by atoms with Gasteiger partial charge >= 0.3 is 0 Å². The van der Waals surface area contributed by atoms with Crippen LogP contribution in [0.3, 0.4) is 0 Å². The Bertz CT molecular complexity index is 871. The molecule has 0 aromatic heterocycles. The highest BCUT2D eigenvalue weighted by atomic mass is 32.2. The molecular formula is C21H30FN3O4S. The zero-order valence-corrected chi connectivity index (χ0v) is 18.3. The number of carbonyl (C=O) groups is 2. The number of halogens is 1. The molecule has 1 heterocycles. The number of nitrogens with one attached hydrogen (secondary N) is 2. The molecule has 1 aromatic rings. The van der Waals surface area contributed by atoms with Gasteiger partial charge in [-0.2, -0.15) is 4.31 Å². The summed E-state index contributed by atoms with van der Waals surface area (Å²) in [6, 6.07) is 4.25. The van der Waals surface area contributed by atoms with Gasteiger partial charge in [0.1, 0.15) is 11.9 Å². The quantitative estimate of drug-likeness (QED) is 0.648. The van der Waals surface area contributed by atoms with E-state index in [-0.39, 0.29) is 35.2 Å². The predicted molar refractivity (Wildman–Crippen MR) is 110 cm³/mol. The minimum atomic E-state index is -3.81. The summed E-state index contributed by atoms with van der Waals surface area (Å²) in [4.78, 5) is 25.5. The highest BCUT2D eigenvalue weighted by molar-refractivity contribution is 7.89. The van der Waals surface area contributed by atoms with E-state index in [1.54, 1.807) is 0 Å². The second kappa shape index (κ2) is 9.43. The molecule has 3 rings (SSSR count). The van der Waals surface area contributed by atoms with Crippen molar-refractivity contribution >= 4 is 21.8 Å². The molecule has 0 spiro atoms. The van der Waals surface area contributed by atoms with E-state index in [9.17, 15) is 22.4 Å². The number of rotatable bonds is 8. The average Bonchev–Trinajstić information content (AvgIpc) is 3.55. The van der Waals surface area contributed by atoms with Crippen LogP contribution in [0, 0.1) is 17.7 Å². The molecule has 1 saturated heterocycles. The summed E-state index contributed by atoms with van der Waals surface area (Å²) in [5.41, 5.74) is 0. The van der Waals surface area contributed by atoms with Gasteiger partial charge < -0.3 is 10.6 Å². The number of carbonyl (C=O) groups excluding carboxylic acids is 2. The molecule has 2 amide bonds. The Labute approximate surface area is 177 Å². The summed E-state index contributed by atoms with van der Waals surface area (Å²) in [7, 11) is -3.81. The van der Waals surface area contributed by atoms with E-state index in [2.05, 4.69) is 10.6 Å². The summed E-state index contributed by atoms with van der Waals surface area (Å²) in [5, 5.41) is 5.81. The van der Waals surface area contributed by atoms with Gasteiger partial charge in [0.05, 0.1) is 10.8 Å². The van der Waals surface area contributed by atoms with E-state index in [1.807, 2.05) is 13.8 Å². The van der Waals surface area contributed by atoms with Gasteiger partial charge in [0.2, 0.25) is 21.8 Å². The lowest BCUT2D eigenvalue weighted by Crippen LogP contribution is -2.54. The third-order valence-corrected chi connectivity index (χ3v) is 7.80. The van der Waals surface area contributed by atoms with E-state index in [1.165, 1.54) is 16.4 Å². The van der Waals surface area contributed by atoms with E-state index >= 15 is 0 Å². The van der Waals surface area contributed by atoms with Gasteiger partial charge in [-0.15, -0.1) is 0 Å². The predicted octanol–water partition coefficient (Wildman–Crippen LogP) is 2.04. The molecular weight excluding hydrogens is 409 g/mol. The van der Waals surface area contributed by atoms with Crippen LogP contribution in [0.5, 0.6) is 0 Å². The molecule has 30 heavy (non-hydrogen) atoms.